The molecule has 0 bridgehead atoms. The molecule has 0 aliphatic rings. The van der Waals surface area contributed by atoms with Gasteiger partial charge in [-0.2, -0.15) is 4.39 Å². The van der Waals surface area contributed by atoms with E-state index in [-0.39, 0.29) is 0 Å². The number of primary amides is 1. The molecule has 0 aromatic carbocycles. The third-order valence-electron chi connectivity index (χ3n) is 0.545. The van der Waals surface area contributed by atoms with E-state index in [9.17, 15) is 14.0 Å². The molecule has 0 heterocycles. The molecule has 0 aromatic heterocycles. The molecule has 2 amide bonds. The summed E-state index contributed by atoms with van der Waals surface area (Å²) in [5.41, 5.74) is 4.49. The van der Waals surface area contributed by atoms with Crippen molar-refractivity contribution < 1.29 is 19.1 Å². The lowest BCUT2D eigenvalue weighted by molar-refractivity contribution is -0.134. The van der Waals surface area contributed by atoms with E-state index in [0.29, 0.717) is 6.20 Å². The van der Waals surface area contributed by atoms with Gasteiger partial charge in [0.2, 0.25) is 5.83 Å². The van der Waals surface area contributed by atoms with Gasteiger partial charge in [0.1, 0.15) is 0 Å². The summed E-state index contributed by atoms with van der Waals surface area (Å²) in [6.45, 7) is 0. The van der Waals surface area contributed by atoms with Gasteiger partial charge in [-0.3, -0.25) is 0 Å². The number of nitrogens with one attached hydrogen (secondary N) is 1. The molecule has 0 saturated heterocycles. The summed E-state index contributed by atoms with van der Waals surface area (Å²) < 4.78 is 11.9. The van der Waals surface area contributed by atoms with Gasteiger partial charge in [-0.25, -0.2) is 9.59 Å². The lowest BCUT2D eigenvalue weighted by Gasteiger charge is -1.89. The van der Waals surface area contributed by atoms with Crippen LogP contribution in [0.2, 0.25) is 0 Å². The highest BCUT2D eigenvalue weighted by atomic mass is 19.1. The lowest BCUT2D eigenvalue weighted by Crippen LogP contribution is -2.24. The summed E-state index contributed by atoms with van der Waals surface area (Å²) in [5.74, 6) is -3.23. The molecule has 56 valence electrons. The van der Waals surface area contributed by atoms with E-state index in [2.05, 4.69) is 5.73 Å². The molecule has 0 aliphatic carbocycles. The van der Waals surface area contributed by atoms with Crippen LogP contribution in [0, 0.1) is 0 Å². The smallest absolute Gasteiger partial charge is 0.366 e. The van der Waals surface area contributed by atoms with Crippen LogP contribution < -0.4 is 11.1 Å². The van der Waals surface area contributed by atoms with Crippen LogP contribution in [-0.2, 0) is 4.79 Å². The maximum Gasteiger partial charge on any atom is 0.366 e. The summed E-state index contributed by atoms with van der Waals surface area (Å²) >= 11 is 0. The number of carbonyl (C=O) groups is 2. The predicted octanol–water partition coefficient (Wildman–Crippen LogP) is -0.450. The van der Waals surface area contributed by atoms with Crippen LogP contribution in [0.15, 0.2) is 12.0 Å². The Labute approximate surface area is 55.3 Å². The number of rotatable bonds is 2. The van der Waals surface area contributed by atoms with Gasteiger partial charge >= 0.3 is 12.0 Å². The zero-order valence-electron chi connectivity index (χ0n) is 4.80. The molecular weight excluding hydrogens is 143 g/mol. The molecule has 0 atom stereocenters. The second kappa shape index (κ2) is 3.44. The van der Waals surface area contributed by atoms with Gasteiger partial charge in [-0.1, -0.05) is 0 Å². The monoisotopic (exact) mass is 148 g/mol. The molecule has 0 aromatic rings. The maximum absolute atomic E-state index is 11.9. The molecule has 0 spiro atoms. The third-order valence-corrected chi connectivity index (χ3v) is 0.545. The van der Waals surface area contributed by atoms with Gasteiger partial charge in [0, 0.05) is 6.20 Å². The van der Waals surface area contributed by atoms with Crippen molar-refractivity contribution in [3.63, 3.8) is 0 Å². The number of carboxylic acid groups (broad SMARTS) is 1. The number of halogens is 1. The highest BCUT2D eigenvalue weighted by Crippen LogP contribution is 1.91. The normalized spacial score (nSPS) is 10.7. The number of hydrogen-bond donors (Lipinski definition) is 3. The first-order chi connectivity index (χ1) is 4.54. The fourth-order valence-electron chi connectivity index (χ4n) is 0.196. The van der Waals surface area contributed by atoms with Crippen LogP contribution in [0.1, 0.15) is 0 Å². The highest BCUT2D eigenvalue weighted by Gasteiger charge is 2.03. The van der Waals surface area contributed by atoms with E-state index in [1.54, 1.807) is 5.32 Å². The zero-order chi connectivity index (χ0) is 8.15. The first-order valence-corrected chi connectivity index (χ1v) is 2.19. The summed E-state index contributed by atoms with van der Waals surface area (Å²) in [4.78, 5) is 19.5. The summed E-state index contributed by atoms with van der Waals surface area (Å²) in [7, 11) is 0. The Hall–Kier alpha value is -1.59. The number of hydrogen-bond acceptors (Lipinski definition) is 2. The Bertz CT molecular complexity index is 189. The number of aliphatic carboxylic acids is 1. The number of amides is 2. The van der Waals surface area contributed by atoms with Crippen LogP contribution in [0.5, 0.6) is 0 Å². The Morgan fingerprint density at radius 1 is 1.60 bits per heavy atom. The Balaban J connectivity index is 3.92. The number of urea groups is 1. The minimum Gasteiger partial charge on any atom is -0.476 e. The van der Waals surface area contributed by atoms with E-state index in [1.165, 1.54) is 0 Å². The molecule has 4 N–H and O–H groups in total. The fraction of sp³-hybridized carbons (Fsp3) is 0. The van der Waals surface area contributed by atoms with Crippen LogP contribution in [0.3, 0.4) is 0 Å². The van der Waals surface area contributed by atoms with Crippen molar-refractivity contribution in [1.82, 2.24) is 5.32 Å². The van der Waals surface area contributed by atoms with E-state index >= 15 is 0 Å². The van der Waals surface area contributed by atoms with E-state index in [0.717, 1.165) is 0 Å². The molecule has 5 nitrogen and oxygen atoms in total. The second-order valence-corrected chi connectivity index (χ2v) is 1.31. The molecule has 6 heteroatoms. The summed E-state index contributed by atoms with van der Waals surface area (Å²) in [5, 5.41) is 9.51. The van der Waals surface area contributed by atoms with E-state index in [1.807, 2.05) is 0 Å². The first kappa shape index (κ1) is 8.41. The number of carbonyl (C=O) groups excluding carboxylic acids is 1. The van der Waals surface area contributed by atoms with E-state index < -0.39 is 17.8 Å². The molecule has 0 rings (SSSR count). The van der Waals surface area contributed by atoms with Crippen molar-refractivity contribution in [2.24, 2.45) is 5.73 Å². The SMILES string of the molecule is NC(=O)NC=C(F)C(=O)O. The van der Waals surface area contributed by atoms with Crippen molar-refractivity contribution in [2.75, 3.05) is 0 Å². The van der Waals surface area contributed by atoms with Gasteiger partial charge in [0.15, 0.2) is 0 Å². The summed E-state index contributed by atoms with van der Waals surface area (Å²) in [6, 6.07) is -1.02. The van der Waals surface area contributed by atoms with Crippen LogP contribution in [0.25, 0.3) is 0 Å². The van der Waals surface area contributed by atoms with Crippen molar-refractivity contribution in [2.45, 2.75) is 0 Å². The van der Waals surface area contributed by atoms with Crippen molar-refractivity contribution in [1.29, 1.82) is 0 Å². The molecule has 0 radical (unpaired) electrons. The third kappa shape index (κ3) is 3.42. The molecular formula is C4H5FN2O3. The van der Waals surface area contributed by atoms with Crippen molar-refractivity contribution in [3.8, 4) is 0 Å². The molecule has 10 heavy (non-hydrogen) atoms. The predicted molar refractivity (Wildman–Crippen MR) is 29.5 cm³/mol. The van der Waals surface area contributed by atoms with Crippen LogP contribution in [-0.4, -0.2) is 17.1 Å². The minimum atomic E-state index is -1.76. The van der Waals surface area contributed by atoms with Crippen molar-refractivity contribution >= 4 is 12.0 Å². The zero-order valence-corrected chi connectivity index (χ0v) is 4.80. The number of carboxylic acids is 1. The molecule has 0 saturated carbocycles. The molecule has 0 fully saturated rings. The Kier molecular flexibility index (Phi) is 2.89. The van der Waals surface area contributed by atoms with Crippen LogP contribution in [0.4, 0.5) is 9.18 Å². The quantitative estimate of drug-likeness (QED) is 0.463. The fourth-order valence-corrected chi connectivity index (χ4v) is 0.196. The standard InChI is InChI=1S/C4H5FN2O3/c5-2(3(8)9)1-7-4(6)10/h1H,(H,8,9)(H3,6,7,10). The molecule has 0 unspecified atom stereocenters. The second-order valence-electron chi connectivity index (χ2n) is 1.31. The summed E-state index contributed by atoms with van der Waals surface area (Å²) in [6.07, 6.45) is 0.366. The van der Waals surface area contributed by atoms with Crippen molar-refractivity contribution in [3.05, 3.63) is 12.0 Å². The van der Waals surface area contributed by atoms with Gasteiger partial charge in [0.25, 0.3) is 0 Å². The largest absolute Gasteiger partial charge is 0.476 e. The van der Waals surface area contributed by atoms with Crippen LogP contribution >= 0.6 is 0 Å². The van der Waals surface area contributed by atoms with Gasteiger partial charge in [-0.15, -0.1) is 0 Å². The average molecular weight is 148 g/mol. The average Bonchev–Trinajstić information content (AvgIpc) is 1.82. The highest BCUT2D eigenvalue weighted by molar-refractivity contribution is 5.84. The minimum absolute atomic E-state index is 0.366. The Morgan fingerprint density at radius 3 is 2.40 bits per heavy atom. The maximum atomic E-state index is 11.9. The Morgan fingerprint density at radius 2 is 2.10 bits per heavy atom. The molecule has 0 aliphatic heterocycles. The lowest BCUT2D eigenvalue weighted by atomic mass is 10.6. The van der Waals surface area contributed by atoms with E-state index in [4.69, 9.17) is 5.11 Å². The van der Waals surface area contributed by atoms with Gasteiger partial charge < -0.3 is 16.2 Å². The van der Waals surface area contributed by atoms with Gasteiger partial charge in [-0.05, 0) is 0 Å². The first-order valence-electron chi connectivity index (χ1n) is 2.19. The number of nitrogens with two attached hydrogens (primary N) is 1. The van der Waals surface area contributed by atoms with Gasteiger partial charge in [0.05, 0.1) is 0 Å². The topological polar surface area (TPSA) is 92.4 Å².